The number of rotatable bonds is 2. The van der Waals surface area contributed by atoms with Crippen LogP contribution in [0.5, 0.6) is 0 Å². The molecule has 3 nitrogen and oxygen atoms in total. The van der Waals surface area contributed by atoms with Gasteiger partial charge in [0.1, 0.15) is 5.69 Å². The average Bonchev–Trinajstić information content (AvgIpc) is 2.46. The van der Waals surface area contributed by atoms with E-state index in [0.29, 0.717) is 11.1 Å². The van der Waals surface area contributed by atoms with E-state index in [4.69, 9.17) is 0 Å². The number of nitrogens with one attached hydrogen (secondary N) is 1. The molecule has 0 spiro atoms. The van der Waals surface area contributed by atoms with Gasteiger partial charge in [-0.2, -0.15) is 13.2 Å². The summed E-state index contributed by atoms with van der Waals surface area (Å²) in [5, 5.41) is 2.44. The summed E-state index contributed by atoms with van der Waals surface area (Å²) in [6.07, 6.45) is -2.92. The highest BCUT2D eigenvalue weighted by Crippen LogP contribution is 2.30. The van der Waals surface area contributed by atoms with E-state index >= 15 is 0 Å². The van der Waals surface area contributed by atoms with Crippen LogP contribution in [0.1, 0.15) is 16.1 Å². The van der Waals surface area contributed by atoms with Gasteiger partial charge in [-0.3, -0.25) is 9.78 Å². The van der Waals surface area contributed by atoms with E-state index in [1.54, 1.807) is 6.07 Å². The van der Waals surface area contributed by atoms with Gasteiger partial charge in [-0.1, -0.05) is 12.1 Å². The van der Waals surface area contributed by atoms with E-state index in [2.05, 4.69) is 10.3 Å². The molecule has 0 aliphatic rings. The van der Waals surface area contributed by atoms with Gasteiger partial charge in [-0.25, -0.2) is 0 Å². The molecule has 104 valence electrons. The zero-order valence-corrected chi connectivity index (χ0v) is 10.5. The summed E-state index contributed by atoms with van der Waals surface area (Å²) in [7, 11) is 1.48. The molecule has 1 aromatic carbocycles. The zero-order chi connectivity index (χ0) is 14.8. The number of benzene rings is 1. The van der Waals surface area contributed by atoms with Gasteiger partial charge in [0.15, 0.2) is 0 Å². The average molecular weight is 280 g/mol. The first-order valence-electron chi connectivity index (χ1n) is 5.77. The highest BCUT2D eigenvalue weighted by molar-refractivity contribution is 5.93. The fraction of sp³-hybridized carbons (Fsp3) is 0.143. The second-order valence-electron chi connectivity index (χ2n) is 4.08. The van der Waals surface area contributed by atoms with Gasteiger partial charge in [0.25, 0.3) is 5.91 Å². The number of amides is 1. The summed E-state index contributed by atoms with van der Waals surface area (Å²) < 4.78 is 37.4. The second-order valence-corrected chi connectivity index (χ2v) is 4.08. The first-order chi connectivity index (χ1) is 9.41. The molecule has 2 aromatic rings. The third-order valence-corrected chi connectivity index (χ3v) is 2.77. The Kier molecular flexibility index (Phi) is 3.74. The minimum Gasteiger partial charge on any atom is -0.354 e. The Morgan fingerprint density at radius 3 is 2.30 bits per heavy atom. The number of hydrogen-bond acceptors (Lipinski definition) is 2. The molecule has 0 aliphatic carbocycles. The topological polar surface area (TPSA) is 42.0 Å². The largest absolute Gasteiger partial charge is 0.416 e. The van der Waals surface area contributed by atoms with Crippen LogP contribution >= 0.6 is 0 Å². The number of carbonyl (C=O) groups is 1. The van der Waals surface area contributed by atoms with Crippen molar-refractivity contribution in [3.63, 3.8) is 0 Å². The molecule has 20 heavy (non-hydrogen) atoms. The number of halogens is 3. The molecule has 2 rings (SSSR count). The Balaban J connectivity index is 2.35. The van der Waals surface area contributed by atoms with Crippen LogP contribution < -0.4 is 5.32 Å². The summed E-state index contributed by atoms with van der Waals surface area (Å²) in [4.78, 5) is 15.4. The van der Waals surface area contributed by atoms with Crippen LogP contribution in [-0.4, -0.2) is 17.9 Å². The molecule has 0 unspecified atom stereocenters. The molecule has 1 amide bonds. The van der Waals surface area contributed by atoms with Gasteiger partial charge < -0.3 is 5.32 Å². The molecule has 0 bridgehead atoms. The van der Waals surface area contributed by atoms with Crippen LogP contribution in [0.15, 0.2) is 42.6 Å². The molecular formula is C14H11F3N2O. The number of carbonyl (C=O) groups excluding carboxylic acids is 1. The van der Waals surface area contributed by atoms with Crippen LogP contribution in [0.4, 0.5) is 13.2 Å². The van der Waals surface area contributed by atoms with Crippen LogP contribution in [0, 0.1) is 0 Å². The molecule has 0 aliphatic heterocycles. The lowest BCUT2D eigenvalue weighted by atomic mass is 10.0. The predicted octanol–water partition coefficient (Wildman–Crippen LogP) is 3.13. The molecule has 1 N–H and O–H groups in total. The molecule has 1 aromatic heterocycles. The normalized spacial score (nSPS) is 11.2. The Morgan fingerprint density at radius 2 is 1.75 bits per heavy atom. The molecule has 1 heterocycles. The van der Waals surface area contributed by atoms with Gasteiger partial charge in [0, 0.05) is 13.2 Å². The monoisotopic (exact) mass is 280 g/mol. The Hall–Kier alpha value is -2.37. The molecule has 0 saturated carbocycles. The number of alkyl halides is 3. The fourth-order valence-corrected chi connectivity index (χ4v) is 1.71. The van der Waals surface area contributed by atoms with Crippen molar-refractivity contribution < 1.29 is 18.0 Å². The standard InChI is InChI=1S/C14H11F3N2O/c1-18-13(20)12-8-10(6-7-19-12)9-2-4-11(5-3-9)14(15,16)17/h2-8H,1H3,(H,18,20). The second kappa shape index (κ2) is 5.32. The summed E-state index contributed by atoms with van der Waals surface area (Å²) >= 11 is 0. The maximum atomic E-state index is 12.5. The van der Waals surface area contributed by atoms with E-state index < -0.39 is 11.7 Å². The van der Waals surface area contributed by atoms with Crippen molar-refractivity contribution in [2.75, 3.05) is 7.05 Å². The smallest absolute Gasteiger partial charge is 0.354 e. The lowest BCUT2D eigenvalue weighted by Crippen LogP contribution is -2.19. The Labute approximate surface area is 113 Å². The number of pyridine rings is 1. The van der Waals surface area contributed by atoms with Crippen molar-refractivity contribution in [3.05, 3.63) is 53.9 Å². The maximum Gasteiger partial charge on any atom is 0.416 e. The van der Waals surface area contributed by atoms with E-state index in [0.717, 1.165) is 12.1 Å². The first-order valence-corrected chi connectivity index (χ1v) is 5.77. The Bertz CT molecular complexity index is 621. The summed E-state index contributed by atoms with van der Waals surface area (Å²) in [6.45, 7) is 0. The van der Waals surface area contributed by atoms with E-state index in [-0.39, 0.29) is 11.6 Å². The summed E-state index contributed by atoms with van der Waals surface area (Å²) in [5.41, 5.74) is 0.726. The zero-order valence-electron chi connectivity index (χ0n) is 10.5. The quantitative estimate of drug-likeness (QED) is 0.918. The van der Waals surface area contributed by atoms with Crippen molar-refractivity contribution >= 4 is 5.91 Å². The van der Waals surface area contributed by atoms with Crippen molar-refractivity contribution in [2.45, 2.75) is 6.18 Å². The van der Waals surface area contributed by atoms with Gasteiger partial charge >= 0.3 is 6.18 Å². The molecule has 0 saturated heterocycles. The van der Waals surface area contributed by atoms with Crippen LogP contribution in [0.2, 0.25) is 0 Å². The minimum absolute atomic E-state index is 0.213. The van der Waals surface area contributed by atoms with Gasteiger partial charge in [0.2, 0.25) is 0 Å². The highest BCUT2D eigenvalue weighted by atomic mass is 19.4. The SMILES string of the molecule is CNC(=O)c1cc(-c2ccc(C(F)(F)F)cc2)ccn1. The van der Waals surface area contributed by atoms with Gasteiger partial charge in [0.05, 0.1) is 5.56 Å². The molecule has 0 atom stereocenters. The maximum absolute atomic E-state index is 12.5. The van der Waals surface area contributed by atoms with Crippen LogP contribution in [-0.2, 0) is 6.18 Å². The summed E-state index contributed by atoms with van der Waals surface area (Å²) in [5.74, 6) is -0.348. The number of nitrogens with zero attached hydrogens (tertiary/aromatic N) is 1. The molecule has 6 heteroatoms. The Morgan fingerprint density at radius 1 is 1.10 bits per heavy atom. The third kappa shape index (κ3) is 2.96. The molecule has 0 fully saturated rings. The van der Waals surface area contributed by atoms with E-state index in [1.807, 2.05) is 0 Å². The lowest BCUT2D eigenvalue weighted by Gasteiger charge is -2.08. The van der Waals surface area contributed by atoms with Crippen molar-refractivity contribution in [1.29, 1.82) is 0 Å². The third-order valence-electron chi connectivity index (χ3n) is 2.77. The fourth-order valence-electron chi connectivity index (χ4n) is 1.71. The van der Waals surface area contributed by atoms with Crippen LogP contribution in [0.3, 0.4) is 0 Å². The van der Waals surface area contributed by atoms with E-state index in [1.165, 1.54) is 31.4 Å². The van der Waals surface area contributed by atoms with Crippen LogP contribution in [0.25, 0.3) is 11.1 Å². The van der Waals surface area contributed by atoms with Gasteiger partial charge in [-0.15, -0.1) is 0 Å². The van der Waals surface area contributed by atoms with Gasteiger partial charge in [-0.05, 0) is 35.4 Å². The highest BCUT2D eigenvalue weighted by Gasteiger charge is 2.29. The lowest BCUT2D eigenvalue weighted by molar-refractivity contribution is -0.137. The van der Waals surface area contributed by atoms with Crippen molar-refractivity contribution in [1.82, 2.24) is 10.3 Å². The predicted molar refractivity (Wildman–Crippen MR) is 68.1 cm³/mol. The minimum atomic E-state index is -4.36. The molecule has 0 radical (unpaired) electrons. The van der Waals surface area contributed by atoms with Crippen molar-refractivity contribution in [3.8, 4) is 11.1 Å². The summed E-state index contributed by atoms with van der Waals surface area (Å²) in [6, 6.07) is 7.92. The number of aromatic nitrogens is 1. The number of hydrogen-bond donors (Lipinski definition) is 1. The van der Waals surface area contributed by atoms with E-state index in [9.17, 15) is 18.0 Å². The first kappa shape index (κ1) is 14.0. The van der Waals surface area contributed by atoms with Crippen molar-refractivity contribution in [2.24, 2.45) is 0 Å². The molecular weight excluding hydrogens is 269 g/mol.